The largest absolute Gasteiger partial charge is 0.452 e. The average Bonchev–Trinajstić information content (AvgIpc) is 2.64. The van der Waals surface area contributed by atoms with Gasteiger partial charge in [0, 0.05) is 17.7 Å². The fraction of sp³-hybridized carbons (Fsp3) is 0.0625. The first-order valence-corrected chi connectivity index (χ1v) is 7.03. The summed E-state index contributed by atoms with van der Waals surface area (Å²) in [6, 6.07) is 12.9. The Morgan fingerprint density at radius 1 is 0.920 bits per heavy atom. The zero-order valence-corrected chi connectivity index (χ0v) is 12.8. The van der Waals surface area contributed by atoms with E-state index in [1.54, 1.807) is 30.3 Å². The van der Waals surface area contributed by atoms with Gasteiger partial charge in [-0.25, -0.2) is 4.79 Å². The highest BCUT2D eigenvalue weighted by Gasteiger charge is 2.13. The highest BCUT2D eigenvalue weighted by atomic mass is 16.6. The molecule has 0 unspecified atom stereocenters. The van der Waals surface area contributed by atoms with Crippen molar-refractivity contribution in [1.29, 1.82) is 0 Å². The van der Waals surface area contributed by atoms with Gasteiger partial charge in [-0.15, -0.1) is 0 Å². The van der Waals surface area contributed by atoms with Gasteiger partial charge in [0.2, 0.25) is 0 Å². The van der Waals surface area contributed by atoms with E-state index in [1.807, 2.05) is 0 Å². The topological polar surface area (TPSA) is 128 Å². The van der Waals surface area contributed by atoms with Crippen LogP contribution in [0.15, 0.2) is 54.6 Å². The number of rotatable bonds is 5. The van der Waals surface area contributed by atoms with Crippen molar-refractivity contribution < 1.29 is 24.0 Å². The lowest BCUT2D eigenvalue weighted by Crippen LogP contribution is -2.43. The Hall–Kier alpha value is -3.75. The minimum atomic E-state index is -0.820. The number of hydrazine groups is 1. The number of carbonyl (C=O) groups excluding carboxylic acids is 3. The van der Waals surface area contributed by atoms with Gasteiger partial charge in [0.15, 0.2) is 6.61 Å². The molecule has 0 aliphatic rings. The van der Waals surface area contributed by atoms with E-state index in [0.717, 1.165) is 12.1 Å². The molecule has 2 aromatic rings. The predicted octanol–water partition coefficient (Wildman–Crippen LogP) is 1.21. The number of nitrogens with zero attached hydrogens (tertiary/aromatic N) is 1. The Balaban J connectivity index is 1.78. The molecule has 2 amide bonds. The molecule has 25 heavy (non-hydrogen) atoms. The van der Waals surface area contributed by atoms with Crippen molar-refractivity contribution in [2.75, 3.05) is 6.61 Å². The van der Waals surface area contributed by atoms with Gasteiger partial charge in [0.25, 0.3) is 17.5 Å². The van der Waals surface area contributed by atoms with E-state index in [-0.39, 0.29) is 11.3 Å². The number of hydrogen-bond acceptors (Lipinski definition) is 6. The first-order chi connectivity index (χ1) is 12.0. The molecule has 2 rings (SSSR count). The van der Waals surface area contributed by atoms with Gasteiger partial charge in [0.1, 0.15) is 0 Å². The summed E-state index contributed by atoms with van der Waals surface area (Å²) in [5.74, 6) is -2.07. The van der Waals surface area contributed by atoms with E-state index in [9.17, 15) is 24.5 Å². The van der Waals surface area contributed by atoms with Crippen molar-refractivity contribution in [3.05, 3.63) is 75.8 Å². The van der Waals surface area contributed by atoms with Crippen LogP contribution in [0.1, 0.15) is 20.7 Å². The lowest BCUT2D eigenvalue weighted by Gasteiger charge is -2.08. The van der Waals surface area contributed by atoms with Gasteiger partial charge < -0.3 is 4.74 Å². The van der Waals surface area contributed by atoms with E-state index in [2.05, 4.69) is 10.9 Å². The Bertz CT molecular complexity index is 789. The summed E-state index contributed by atoms with van der Waals surface area (Å²) in [4.78, 5) is 44.9. The number of ether oxygens (including phenoxy) is 1. The second-order valence-corrected chi connectivity index (χ2v) is 4.75. The summed E-state index contributed by atoms with van der Waals surface area (Å²) in [6.45, 7) is -0.620. The summed E-state index contributed by atoms with van der Waals surface area (Å²) in [5.41, 5.74) is 4.53. The van der Waals surface area contributed by atoms with Gasteiger partial charge in [-0.05, 0) is 24.3 Å². The Morgan fingerprint density at radius 3 is 2.16 bits per heavy atom. The Kier molecular flexibility index (Phi) is 5.77. The van der Waals surface area contributed by atoms with Crippen molar-refractivity contribution in [2.24, 2.45) is 0 Å². The molecule has 0 atom stereocenters. The second-order valence-electron chi connectivity index (χ2n) is 4.75. The van der Waals surface area contributed by atoms with Gasteiger partial charge in [-0.1, -0.05) is 18.2 Å². The van der Waals surface area contributed by atoms with Crippen molar-refractivity contribution in [2.45, 2.75) is 0 Å². The number of nitro groups is 1. The number of amides is 2. The number of nitrogens with one attached hydrogen (secondary N) is 2. The third kappa shape index (κ3) is 5.13. The Morgan fingerprint density at radius 2 is 1.56 bits per heavy atom. The number of nitro benzene ring substituents is 1. The van der Waals surface area contributed by atoms with E-state index in [4.69, 9.17) is 4.74 Å². The van der Waals surface area contributed by atoms with Crippen LogP contribution < -0.4 is 10.9 Å². The zero-order valence-electron chi connectivity index (χ0n) is 12.8. The van der Waals surface area contributed by atoms with Crippen molar-refractivity contribution in [1.82, 2.24) is 10.9 Å². The molecular formula is C16H13N3O6. The van der Waals surface area contributed by atoms with Crippen molar-refractivity contribution in [3.8, 4) is 0 Å². The maximum atomic E-state index is 11.7. The lowest BCUT2D eigenvalue weighted by molar-refractivity contribution is -0.384. The summed E-state index contributed by atoms with van der Waals surface area (Å²) in [5, 5.41) is 10.5. The molecule has 0 aromatic heterocycles. The molecule has 0 fully saturated rings. The SMILES string of the molecule is O=C(COC(=O)c1ccc([N+](=O)[O-])cc1)NNC(=O)c1ccccc1. The highest BCUT2D eigenvalue weighted by molar-refractivity contribution is 5.96. The predicted molar refractivity (Wildman–Crippen MR) is 85.4 cm³/mol. The van der Waals surface area contributed by atoms with Crippen LogP contribution in [0, 0.1) is 10.1 Å². The molecule has 0 saturated heterocycles. The normalized spacial score (nSPS) is 9.76. The molecule has 0 aliphatic carbocycles. The fourth-order valence-electron chi connectivity index (χ4n) is 1.76. The molecule has 0 heterocycles. The molecular weight excluding hydrogens is 330 g/mol. The van der Waals surface area contributed by atoms with Crippen LogP contribution in [0.3, 0.4) is 0 Å². The number of carbonyl (C=O) groups is 3. The summed E-state index contributed by atoms with van der Waals surface area (Å²) in [7, 11) is 0. The lowest BCUT2D eigenvalue weighted by atomic mass is 10.2. The number of hydrogen-bond donors (Lipinski definition) is 2. The zero-order chi connectivity index (χ0) is 18.2. The molecule has 0 radical (unpaired) electrons. The van der Waals surface area contributed by atoms with Crippen molar-refractivity contribution in [3.63, 3.8) is 0 Å². The number of benzene rings is 2. The van der Waals surface area contributed by atoms with Crippen LogP contribution >= 0.6 is 0 Å². The smallest absolute Gasteiger partial charge is 0.338 e. The van der Waals surface area contributed by atoms with Crippen molar-refractivity contribution >= 4 is 23.5 Å². The van der Waals surface area contributed by atoms with Gasteiger partial charge in [-0.2, -0.15) is 0 Å². The average molecular weight is 343 g/mol. The standard InChI is InChI=1S/C16H13N3O6/c20-14(17-18-15(21)11-4-2-1-3-5-11)10-25-16(22)12-6-8-13(9-7-12)19(23)24/h1-9H,10H2,(H,17,20)(H,18,21). The van der Waals surface area contributed by atoms with Gasteiger partial charge >= 0.3 is 5.97 Å². The summed E-state index contributed by atoms with van der Waals surface area (Å²) >= 11 is 0. The van der Waals surface area contributed by atoms with Crippen LogP contribution in [0.25, 0.3) is 0 Å². The quantitative estimate of drug-likeness (QED) is 0.477. The molecule has 0 aliphatic heterocycles. The molecule has 0 spiro atoms. The second kappa shape index (κ2) is 8.20. The number of non-ortho nitro benzene ring substituents is 1. The minimum Gasteiger partial charge on any atom is -0.452 e. The molecule has 9 heteroatoms. The van der Waals surface area contributed by atoms with E-state index < -0.39 is 29.3 Å². The highest BCUT2D eigenvalue weighted by Crippen LogP contribution is 2.12. The van der Waals surface area contributed by atoms with E-state index in [1.165, 1.54) is 12.1 Å². The van der Waals surface area contributed by atoms with Gasteiger partial charge in [0.05, 0.1) is 10.5 Å². The third-order valence-electron chi connectivity index (χ3n) is 3.00. The van der Waals surface area contributed by atoms with E-state index in [0.29, 0.717) is 5.56 Å². The summed E-state index contributed by atoms with van der Waals surface area (Å²) in [6.07, 6.45) is 0. The third-order valence-corrected chi connectivity index (χ3v) is 3.00. The molecule has 0 bridgehead atoms. The molecule has 2 N–H and O–H groups in total. The first kappa shape index (κ1) is 17.6. The summed E-state index contributed by atoms with van der Waals surface area (Å²) < 4.78 is 4.76. The minimum absolute atomic E-state index is 0.0618. The van der Waals surface area contributed by atoms with Crippen LogP contribution in [-0.4, -0.2) is 29.3 Å². The number of esters is 1. The van der Waals surface area contributed by atoms with Crippen LogP contribution in [-0.2, 0) is 9.53 Å². The molecule has 2 aromatic carbocycles. The Labute approximate surface area is 141 Å². The fourth-order valence-corrected chi connectivity index (χ4v) is 1.76. The first-order valence-electron chi connectivity index (χ1n) is 7.03. The molecule has 128 valence electrons. The monoisotopic (exact) mass is 343 g/mol. The molecule has 0 saturated carbocycles. The molecule has 9 nitrogen and oxygen atoms in total. The van der Waals surface area contributed by atoms with Crippen LogP contribution in [0.2, 0.25) is 0 Å². The van der Waals surface area contributed by atoms with Crippen LogP contribution in [0.4, 0.5) is 5.69 Å². The van der Waals surface area contributed by atoms with Gasteiger partial charge in [-0.3, -0.25) is 30.6 Å². The maximum absolute atomic E-state index is 11.7. The van der Waals surface area contributed by atoms with E-state index >= 15 is 0 Å². The van der Waals surface area contributed by atoms with Crippen LogP contribution in [0.5, 0.6) is 0 Å². The maximum Gasteiger partial charge on any atom is 0.338 e.